The van der Waals surface area contributed by atoms with Crippen molar-refractivity contribution in [2.45, 2.75) is 19.9 Å². The van der Waals surface area contributed by atoms with Crippen LogP contribution in [0, 0.1) is 13.8 Å². The van der Waals surface area contributed by atoms with Gasteiger partial charge in [-0.25, -0.2) is 0 Å². The summed E-state index contributed by atoms with van der Waals surface area (Å²) in [7, 11) is 0. The van der Waals surface area contributed by atoms with Crippen LogP contribution in [-0.4, -0.2) is 16.9 Å². The molecule has 0 aliphatic heterocycles. The maximum atomic E-state index is 12.2. The Labute approximate surface area is 129 Å². The van der Waals surface area contributed by atoms with Gasteiger partial charge in [0.15, 0.2) is 6.04 Å². The molecule has 1 unspecified atom stereocenters. The first kappa shape index (κ1) is 14.2. The largest absolute Gasteiger partial charge is 0.507 e. The van der Waals surface area contributed by atoms with E-state index in [0.717, 1.165) is 22.5 Å². The number of carbonyl (C=O) groups excluding carboxylic acids is 1. The fourth-order valence-corrected chi connectivity index (χ4v) is 2.32. The molecule has 3 N–H and O–H groups in total. The van der Waals surface area contributed by atoms with Gasteiger partial charge in [-0.3, -0.25) is 4.79 Å². The lowest BCUT2D eigenvalue weighted by molar-refractivity contribution is -0.118. The zero-order valence-corrected chi connectivity index (χ0v) is 12.6. The Hall–Kier alpha value is -2.75. The van der Waals surface area contributed by atoms with Crippen molar-refractivity contribution in [3.8, 4) is 0 Å². The molecule has 4 heteroatoms. The summed E-state index contributed by atoms with van der Waals surface area (Å²) in [5.74, 6) is -0.0928. The first-order valence-corrected chi connectivity index (χ1v) is 7.19. The van der Waals surface area contributed by atoms with Gasteiger partial charge >= 0.3 is 0 Å². The number of aliphatic hydroxyl groups excluding tert-OH is 1. The summed E-state index contributed by atoms with van der Waals surface area (Å²) in [4.78, 5) is 12.2. The molecule has 0 fully saturated rings. The first-order valence-electron chi connectivity index (χ1n) is 7.19. The third kappa shape index (κ3) is 2.68. The number of aliphatic hydroxyl groups is 1. The van der Waals surface area contributed by atoms with E-state index in [4.69, 9.17) is 0 Å². The molecule has 0 saturated heterocycles. The maximum absolute atomic E-state index is 12.2. The van der Waals surface area contributed by atoms with Crippen LogP contribution in [0.3, 0.4) is 0 Å². The molecule has 0 radical (unpaired) electrons. The highest BCUT2D eigenvalue weighted by atomic mass is 16.3. The van der Waals surface area contributed by atoms with Gasteiger partial charge in [-0.15, -0.1) is 0 Å². The monoisotopic (exact) mass is 294 g/mol. The summed E-state index contributed by atoms with van der Waals surface area (Å²) in [5, 5.41) is 16.1. The predicted octanol–water partition coefficient (Wildman–Crippen LogP) is 3.55. The summed E-state index contributed by atoms with van der Waals surface area (Å²) in [6.07, 6.45) is 0. The van der Waals surface area contributed by atoms with E-state index in [-0.39, 0.29) is 17.2 Å². The van der Waals surface area contributed by atoms with Gasteiger partial charge < -0.3 is 15.7 Å². The van der Waals surface area contributed by atoms with Crippen LogP contribution in [0.2, 0.25) is 0 Å². The Morgan fingerprint density at radius 3 is 1.86 bits per heavy atom. The molecular weight excluding hydrogens is 276 g/mol. The Bertz CT molecular complexity index is 731. The van der Waals surface area contributed by atoms with Crippen LogP contribution in [0.1, 0.15) is 11.1 Å². The lowest BCUT2D eigenvalue weighted by Gasteiger charge is -2.29. The highest BCUT2D eigenvalue weighted by Crippen LogP contribution is 2.27. The number of rotatable bonds is 4. The molecule has 0 heterocycles. The molecule has 1 aliphatic rings. The van der Waals surface area contributed by atoms with Crippen LogP contribution >= 0.6 is 0 Å². The molecule has 0 aromatic heterocycles. The molecule has 2 aromatic rings. The average Bonchev–Trinajstić information content (AvgIpc) is 2.53. The minimum absolute atomic E-state index is 0.0474. The second-order valence-corrected chi connectivity index (χ2v) is 5.56. The summed E-state index contributed by atoms with van der Waals surface area (Å²) in [5.41, 5.74) is 4.14. The van der Waals surface area contributed by atoms with Gasteiger partial charge in [0.25, 0.3) is 0 Å². The summed E-state index contributed by atoms with van der Waals surface area (Å²) in [6, 6.07) is 14.7. The van der Waals surface area contributed by atoms with Crippen LogP contribution in [0.15, 0.2) is 60.0 Å². The fourth-order valence-electron chi connectivity index (χ4n) is 2.32. The molecule has 1 aliphatic carbocycles. The highest BCUT2D eigenvalue weighted by Gasteiger charge is 2.39. The van der Waals surface area contributed by atoms with E-state index in [1.165, 1.54) is 0 Å². The number of hydrogen-bond donors (Lipinski definition) is 3. The van der Waals surface area contributed by atoms with Gasteiger partial charge in [-0.2, -0.15) is 0 Å². The SMILES string of the molecule is Cc1ccc(NC2=C(O)C(Nc3ccc(C)cc3)C2=O)cc1. The third-order valence-corrected chi connectivity index (χ3v) is 3.72. The quantitative estimate of drug-likeness (QED) is 0.807. The number of nitrogens with one attached hydrogen (secondary N) is 2. The smallest absolute Gasteiger partial charge is 0.212 e. The van der Waals surface area contributed by atoms with Gasteiger partial charge in [0.2, 0.25) is 5.78 Å². The van der Waals surface area contributed by atoms with Crippen molar-refractivity contribution in [3.63, 3.8) is 0 Å². The van der Waals surface area contributed by atoms with E-state index in [1.807, 2.05) is 62.4 Å². The second-order valence-electron chi connectivity index (χ2n) is 5.56. The van der Waals surface area contributed by atoms with E-state index in [0.29, 0.717) is 0 Å². The molecule has 1 atom stereocenters. The first-order chi connectivity index (χ1) is 10.5. The summed E-state index contributed by atoms with van der Waals surface area (Å²) < 4.78 is 0. The second kappa shape index (κ2) is 5.56. The van der Waals surface area contributed by atoms with Crippen molar-refractivity contribution >= 4 is 17.2 Å². The van der Waals surface area contributed by atoms with Crippen LogP contribution in [0.5, 0.6) is 0 Å². The third-order valence-electron chi connectivity index (χ3n) is 3.72. The molecule has 0 saturated carbocycles. The Balaban J connectivity index is 1.72. The number of benzene rings is 2. The molecule has 112 valence electrons. The molecule has 0 amide bonds. The number of hydrogen-bond acceptors (Lipinski definition) is 4. The topological polar surface area (TPSA) is 61.4 Å². The van der Waals surface area contributed by atoms with Crippen molar-refractivity contribution in [2.75, 3.05) is 10.6 Å². The Morgan fingerprint density at radius 2 is 1.36 bits per heavy atom. The Morgan fingerprint density at radius 1 is 0.864 bits per heavy atom. The van der Waals surface area contributed by atoms with Crippen molar-refractivity contribution in [3.05, 3.63) is 71.1 Å². The van der Waals surface area contributed by atoms with E-state index in [9.17, 15) is 9.90 Å². The summed E-state index contributed by atoms with van der Waals surface area (Å²) >= 11 is 0. The zero-order valence-electron chi connectivity index (χ0n) is 12.6. The lowest BCUT2D eigenvalue weighted by Crippen LogP contribution is -2.45. The standard InChI is InChI=1S/C18H18N2O2/c1-11-3-7-13(8-4-11)19-15-17(21)16(18(15)22)20-14-9-5-12(2)6-10-14/h3-10,15,19-21H,1-2H3. The molecule has 2 aromatic carbocycles. The van der Waals surface area contributed by atoms with E-state index in [1.54, 1.807) is 0 Å². The molecular formula is C18H18N2O2. The Kier molecular flexibility index (Phi) is 3.59. The number of Topliss-reactive ketones (excluding diaryl/α,β-unsaturated/α-hetero) is 1. The number of anilines is 2. The minimum atomic E-state index is -0.671. The lowest BCUT2D eigenvalue weighted by atomic mass is 9.93. The van der Waals surface area contributed by atoms with Crippen LogP contribution < -0.4 is 10.6 Å². The van der Waals surface area contributed by atoms with Gasteiger partial charge in [0.1, 0.15) is 11.5 Å². The van der Waals surface area contributed by atoms with Crippen molar-refractivity contribution in [1.29, 1.82) is 0 Å². The van der Waals surface area contributed by atoms with Crippen molar-refractivity contribution in [1.82, 2.24) is 0 Å². The normalized spacial score (nSPS) is 17.2. The summed E-state index contributed by atoms with van der Waals surface area (Å²) in [6.45, 7) is 4.00. The van der Waals surface area contributed by atoms with Gasteiger partial charge in [-0.1, -0.05) is 35.4 Å². The number of carbonyl (C=O) groups is 1. The maximum Gasteiger partial charge on any atom is 0.212 e. The fraction of sp³-hybridized carbons (Fsp3) is 0.167. The van der Waals surface area contributed by atoms with Gasteiger partial charge in [-0.05, 0) is 38.1 Å². The number of ketones is 1. The number of aryl methyl sites for hydroxylation is 2. The molecule has 0 spiro atoms. The van der Waals surface area contributed by atoms with E-state index in [2.05, 4.69) is 10.6 Å². The van der Waals surface area contributed by atoms with Crippen LogP contribution in [0.25, 0.3) is 0 Å². The molecule has 22 heavy (non-hydrogen) atoms. The van der Waals surface area contributed by atoms with Crippen molar-refractivity contribution < 1.29 is 9.90 Å². The molecule has 4 nitrogen and oxygen atoms in total. The molecule has 0 bridgehead atoms. The van der Waals surface area contributed by atoms with Gasteiger partial charge in [0, 0.05) is 11.4 Å². The predicted molar refractivity (Wildman–Crippen MR) is 88.1 cm³/mol. The van der Waals surface area contributed by atoms with E-state index >= 15 is 0 Å². The minimum Gasteiger partial charge on any atom is -0.507 e. The van der Waals surface area contributed by atoms with Crippen LogP contribution in [0.4, 0.5) is 11.4 Å². The highest BCUT2D eigenvalue weighted by molar-refractivity contribution is 6.12. The molecule has 3 rings (SSSR count). The van der Waals surface area contributed by atoms with Crippen LogP contribution in [-0.2, 0) is 4.79 Å². The zero-order chi connectivity index (χ0) is 15.7. The van der Waals surface area contributed by atoms with Gasteiger partial charge in [0.05, 0.1) is 0 Å². The van der Waals surface area contributed by atoms with E-state index < -0.39 is 6.04 Å². The van der Waals surface area contributed by atoms with Crippen molar-refractivity contribution in [2.24, 2.45) is 0 Å². The average molecular weight is 294 g/mol.